The molecule has 0 aromatic rings. The fraction of sp³-hybridized carbons (Fsp3) is 0. The standard InChI is InChI=1S/2BO3.Ga.Lu/c2*2-1(3)4;;/q2*-3;2*+3. The number of rotatable bonds is 0. The topological polar surface area (TPSA) is 138 Å². The Kier molecular flexibility index (Phi) is 38.5. The van der Waals surface area contributed by atoms with Crippen LogP contribution in [0.4, 0.5) is 0 Å². The average Bonchev–Trinajstić information content (AvgIpc) is 1.25. The summed E-state index contributed by atoms with van der Waals surface area (Å²) in [6.07, 6.45) is 0. The van der Waals surface area contributed by atoms with Crippen LogP contribution in [0.2, 0.25) is 0 Å². The third-order valence-corrected chi connectivity index (χ3v) is 0. The Labute approximate surface area is 100 Å². The molecule has 0 aromatic carbocycles. The van der Waals surface area contributed by atoms with Crippen molar-refractivity contribution in [2.75, 3.05) is 0 Å². The number of hydrogen-bond acceptors (Lipinski definition) is 6. The molecule has 0 aromatic heterocycles. The Hall–Kier alpha value is 1.76. The first kappa shape index (κ1) is 22.6. The summed E-state index contributed by atoms with van der Waals surface area (Å²) in [6, 6.07) is 0. The van der Waals surface area contributed by atoms with Gasteiger partial charge in [-0.1, -0.05) is 0 Å². The van der Waals surface area contributed by atoms with Crippen LogP contribution in [0.25, 0.3) is 0 Å². The molecule has 0 spiro atoms. The average molecular weight is 362 g/mol. The molecule has 60 valence electrons. The van der Waals surface area contributed by atoms with Gasteiger partial charge < -0.3 is 30.1 Å². The van der Waals surface area contributed by atoms with E-state index in [2.05, 4.69) is 0 Å². The maximum atomic E-state index is 8.42. The SMILES string of the molecule is [Ga+3].[Lu+3].[O-]B([O-])[O-].[O-]B([O-])[O-]. The summed E-state index contributed by atoms with van der Waals surface area (Å²) in [6.45, 7) is 0. The van der Waals surface area contributed by atoms with Crippen molar-refractivity contribution in [2.24, 2.45) is 0 Å². The van der Waals surface area contributed by atoms with E-state index in [-0.39, 0.29) is 56.7 Å². The van der Waals surface area contributed by atoms with Crippen LogP contribution in [0.1, 0.15) is 0 Å². The Morgan fingerprint density at radius 1 is 0.600 bits per heavy atom. The van der Waals surface area contributed by atoms with E-state index in [9.17, 15) is 0 Å². The zero-order valence-corrected chi connectivity index (χ0v) is 8.52. The van der Waals surface area contributed by atoms with Gasteiger partial charge in [0, 0.05) is 0 Å². The van der Waals surface area contributed by atoms with Gasteiger partial charge in [-0.25, -0.2) is 0 Å². The predicted octanol–water partition coefficient (Wildman–Crippen LogP) is -8.28. The Balaban J connectivity index is -0.0000000300. The van der Waals surface area contributed by atoms with Crippen LogP contribution in [-0.4, -0.2) is 34.4 Å². The van der Waals surface area contributed by atoms with Crippen LogP contribution in [0.3, 0.4) is 0 Å². The van der Waals surface area contributed by atoms with Crippen LogP contribution in [0.5, 0.6) is 0 Å². The van der Waals surface area contributed by atoms with Gasteiger partial charge in [0.2, 0.25) is 0 Å². The minimum absolute atomic E-state index is 0. The van der Waals surface area contributed by atoms with Crippen molar-refractivity contribution >= 4 is 34.4 Å². The molecule has 0 unspecified atom stereocenters. The predicted molar refractivity (Wildman–Crippen MR) is 17.3 cm³/mol. The summed E-state index contributed by atoms with van der Waals surface area (Å²) < 4.78 is 0. The molecule has 10 heavy (non-hydrogen) atoms. The molecule has 0 saturated heterocycles. The van der Waals surface area contributed by atoms with E-state index in [0.29, 0.717) is 0 Å². The van der Waals surface area contributed by atoms with Gasteiger partial charge in [0.15, 0.2) is 0 Å². The second-order valence-electron chi connectivity index (χ2n) is 0.577. The van der Waals surface area contributed by atoms with Gasteiger partial charge in [-0.2, -0.15) is 0 Å². The van der Waals surface area contributed by atoms with Crippen LogP contribution in [0.15, 0.2) is 0 Å². The van der Waals surface area contributed by atoms with Gasteiger partial charge in [-0.05, 0) is 0 Å². The van der Waals surface area contributed by atoms with E-state index >= 15 is 0 Å². The maximum Gasteiger partial charge on any atom is 3.00 e. The summed E-state index contributed by atoms with van der Waals surface area (Å²) in [4.78, 5) is 0. The molecule has 0 N–H and O–H groups in total. The van der Waals surface area contributed by atoms with E-state index in [4.69, 9.17) is 30.1 Å². The van der Waals surface area contributed by atoms with E-state index < -0.39 is 14.6 Å². The second-order valence-corrected chi connectivity index (χ2v) is 0.577. The first-order valence-corrected chi connectivity index (χ1v) is 1.41. The Morgan fingerprint density at radius 2 is 0.600 bits per heavy atom. The monoisotopic (exact) mass is 362 g/mol. The van der Waals surface area contributed by atoms with Gasteiger partial charge in [0.25, 0.3) is 0 Å². The van der Waals surface area contributed by atoms with Crippen LogP contribution < -0.4 is 30.1 Å². The third kappa shape index (κ3) is 242. The minimum Gasteiger partial charge on any atom is -0.907 e. The Bertz CT molecular complexity index is 31.2. The molecule has 0 rings (SSSR count). The van der Waals surface area contributed by atoms with Gasteiger partial charge in [-0.15, -0.1) is 0 Å². The molecule has 0 fully saturated rings. The minimum atomic E-state index is -2.92. The molecular formula is B2GaLuO6. The van der Waals surface area contributed by atoms with Crippen molar-refractivity contribution in [3.05, 3.63) is 0 Å². The van der Waals surface area contributed by atoms with Crippen molar-refractivity contribution in [3.8, 4) is 0 Å². The van der Waals surface area contributed by atoms with E-state index in [1.165, 1.54) is 0 Å². The smallest absolute Gasteiger partial charge is 0.907 e. The molecule has 0 saturated carbocycles. The fourth-order valence-electron chi connectivity index (χ4n) is 0. The zero-order chi connectivity index (χ0) is 7.15. The molecule has 0 atom stereocenters. The summed E-state index contributed by atoms with van der Waals surface area (Å²) in [7, 11) is -5.83. The molecule has 0 aliphatic carbocycles. The van der Waals surface area contributed by atoms with Gasteiger partial charge in [0.1, 0.15) is 0 Å². The third-order valence-electron chi connectivity index (χ3n) is 0. The maximum absolute atomic E-state index is 8.42. The summed E-state index contributed by atoms with van der Waals surface area (Å²) in [5, 5.41) is 50.5. The van der Waals surface area contributed by atoms with E-state index in [0.717, 1.165) is 0 Å². The quantitative estimate of drug-likeness (QED) is 0.392. The van der Waals surface area contributed by atoms with Crippen molar-refractivity contribution in [3.63, 3.8) is 0 Å². The van der Waals surface area contributed by atoms with E-state index in [1.807, 2.05) is 0 Å². The van der Waals surface area contributed by atoms with E-state index in [1.54, 1.807) is 0 Å². The molecular weight excluding hydrogens is 362 g/mol. The van der Waals surface area contributed by atoms with Crippen molar-refractivity contribution < 1.29 is 67.0 Å². The number of hydrogen-bond donors (Lipinski definition) is 0. The summed E-state index contributed by atoms with van der Waals surface area (Å²) >= 11 is 0. The molecule has 6 nitrogen and oxygen atoms in total. The van der Waals surface area contributed by atoms with Gasteiger partial charge >= 0.3 is 56.7 Å². The molecule has 0 amide bonds. The van der Waals surface area contributed by atoms with Crippen molar-refractivity contribution in [2.45, 2.75) is 0 Å². The van der Waals surface area contributed by atoms with Gasteiger partial charge in [0.05, 0.1) is 0 Å². The molecule has 0 aliphatic rings. The van der Waals surface area contributed by atoms with Crippen molar-refractivity contribution in [1.82, 2.24) is 0 Å². The summed E-state index contributed by atoms with van der Waals surface area (Å²) in [5.41, 5.74) is 0. The fourth-order valence-corrected chi connectivity index (χ4v) is 0. The first-order valence-electron chi connectivity index (χ1n) is 1.41. The molecule has 0 radical (unpaired) electrons. The molecule has 0 aliphatic heterocycles. The van der Waals surface area contributed by atoms with Crippen molar-refractivity contribution in [1.29, 1.82) is 0 Å². The van der Waals surface area contributed by atoms with Crippen LogP contribution in [-0.2, 0) is 0 Å². The Morgan fingerprint density at radius 3 is 0.600 bits per heavy atom. The normalized spacial score (nSPS) is 5.40. The zero-order valence-electron chi connectivity index (χ0n) is 4.44. The van der Waals surface area contributed by atoms with Crippen LogP contribution >= 0.6 is 0 Å². The summed E-state index contributed by atoms with van der Waals surface area (Å²) in [5.74, 6) is 0. The first-order chi connectivity index (χ1) is 3.46. The van der Waals surface area contributed by atoms with Crippen LogP contribution in [0, 0.1) is 36.9 Å². The second kappa shape index (κ2) is 17.0. The molecule has 10 heteroatoms. The molecule has 0 heterocycles. The largest absolute Gasteiger partial charge is 3.00 e. The molecule has 0 bridgehead atoms. The van der Waals surface area contributed by atoms with Gasteiger partial charge in [-0.3, -0.25) is 14.6 Å².